The van der Waals surface area contributed by atoms with Crippen LogP contribution in [-0.2, 0) is 32.2 Å². The summed E-state index contributed by atoms with van der Waals surface area (Å²) < 4.78 is 23.8. The zero-order valence-electron chi connectivity index (χ0n) is 13.7. The lowest BCUT2D eigenvalue weighted by Crippen LogP contribution is -2.69. The van der Waals surface area contributed by atoms with Crippen molar-refractivity contribution in [2.24, 2.45) is 0 Å². The molecule has 126 valence electrons. The van der Waals surface area contributed by atoms with Gasteiger partial charge >= 0.3 is 0 Å². The van der Waals surface area contributed by atoms with Crippen molar-refractivity contribution in [2.75, 3.05) is 0 Å². The summed E-state index contributed by atoms with van der Waals surface area (Å²) in [4.78, 5) is 0. The van der Waals surface area contributed by atoms with Gasteiger partial charge in [-0.3, -0.25) is 0 Å². The third-order valence-corrected chi connectivity index (χ3v) is 4.59. The number of hydrogen-bond donors (Lipinski definition) is 0. The first kappa shape index (κ1) is 15.8. The maximum atomic E-state index is 6.08. The maximum Gasteiger partial charge on any atom is 0.187 e. The Morgan fingerprint density at radius 2 is 1.29 bits per heavy atom. The number of fused-ring (bicyclic) bond motifs is 2. The molecule has 3 heterocycles. The second-order valence-corrected chi connectivity index (χ2v) is 6.33. The van der Waals surface area contributed by atoms with Gasteiger partial charge in [0.05, 0.1) is 19.3 Å². The Kier molecular flexibility index (Phi) is 4.63. The van der Waals surface area contributed by atoms with Gasteiger partial charge in [0.2, 0.25) is 0 Å². The minimum atomic E-state index is -0.273. The Hall–Kier alpha value is -1.72. The maximum absolute atomic E-state index is 6.08. The van der Waals surface area contributed by atoms with Crippen molar-refractivity contribution >= 4 is 0 Å². The van der Waals surface area contributed by atoms with E-state index < -0.39 is 0 Å². The molecule has 2 aromatic rings. The van der Waals surface area contributed by atoms with Gasteiger partial charge in [-0.25, -0.2) is 0 Å². The van der Waals surface area contributed by atoms with Gasteiger partial charge in [-0.15, -0.1) is 0 Å². The molecule has 0 amide bonds. The summed E-state index contributed by atoms with van der Waals surface area (Å²) in [6, 6.07) is 20.3. The molecule has 5 rings (SSSR count). The van der Waals surface area contributed by atoms with Gasteiger partial charge in [-0.1, -0.05) is 60.7 Å². The number of benzene rings is 2. The third kappa shape index (κ3) is 3.23. The Morgan fingerprint density at radius 3 is 1.88 bits per heavy atom. The van der Waals surface area contributed by atoms with Crippen LogP contribution in [0.2, 0.25) is 0 Å². The number of rotatable bonds is 6. The largest absolute Gasteiger partial charge is 0.368 e. The molecule has 0 unspecified atom stereocenters. The summed E-state index contributed by atoms with van der Waals surface area (Å²) in [5.41, 5.74) is 2.30. The fourth-order valence-corrected chi connectivity index (χ4v) is 3.24. The molecule has 5 atom stereocenters. The second-order valence-electron chi connectivity index (χ2n) is 6.33. The lowest BCUT2D eigenvalue weighted by Gasteiger charge is -2.54. The highest BCUT2D eigenvalue weighted by atomic mass is 16.8. The molecule has 0 N–H and O–H groups in total. The summed E-state index contributed by atoms with van der Waals surface area (Å²) in [5, 5.41) is 0. The van der Waals surface area contributed by atoms with Gasteiger partial charge < -0.3 is 18.9 Å². The molecule has 3 aliphatic rings. The SMILES string of the molecule is C[C@@H]1O[C@@H]2O[C@H]([C@H]1OCc1ccccc1)[C@H]2OCc1ccccc1. The van der Waals surface area contributed by atoms with Gasteiger partial charge in [-0.05, 0) is 18.1 Å². The Labute approximate surface area is 142 Å². The molecule has 0 aromatic heterocycles. The Balaban J connectivity index is 1.35. The predicted molar refractivity (Wildman–Crippen MR) is 89.2 cm³/mol. The molecule has 0 saturated carbocycles. The minimum absolute atomic E-state index is 0.00837. The minimum Gasteiger partial charge on any atom is -0.368 e. The highest BCUT2D eigenvalue weighted by molar-refractivity contribution is 5.14. The van der Waals surface area contributed by atoms with Crippen LogP contribution in [0.1, 0.15) is 18.1 Å². The molecule has 0 aliphatic carbocycles. The Bertz CT molecular complexity index is 645. The molecule has 0 radical (unpaired) electrons. The molecular weight excluding hydrogens is 304 g/mol. The van der Waals surface area contributed by atoms with Crippen molar-refractivity contribution in [3.63, 3.8) is 0 Å². The molecule has 2 aromatic carbocycles. The topological polar surface area (TPSA) is 36.9 Å². The van der Waals surface area contributed by atoms with Crippen LogP contribution in [0.3, 0.4) is 0 Å². The van der Waals surface area contributed by atoms with E-state index in [0.717, 1.165) is 11.1 Å². The molecule has 24 heavy (non-hydrogen) atoms. The fourth-order valence-electron chi connectivity index (χ4n) is 3.24. The summed E-state index contributed by atoms with van der Waals surface area (Å²) in [6.45, 7) is 3.14. The van der Waals surface area contributed by atoms with Gasteiger partial charge in [0.25, 0.3) is 0 Å². The van der Waals surface area contributed by atoms with Crippen LogP contribution in [-0.4, -0.2) is 30.7 Å². The second kappa shape index (κ2) is 7.03. The van der Waals surface area contributed by atoms with Crippen LogP contribution in [0.25, 0.3) is 0 Å². The summed E-state index contributed by atoms with van der Waals surface area (Å²) in [6.07, 6.45) is -0.511. The van der Waals surface area contributed by atoms with E-state index in [0.29, 0.717) is 13.2 Å². The zero-order valence-corrected chi connectivity index (χ0v) is 13.7. The molecule has 3 saturated heterocycles. The lowest BCUT2D eigenvalue weighted by atomic mass is 9.94. The average Bonchev–Trinajstić information content (AvgIpc) is 2.62. The molecule has 4 heteroatoms. The molecule has 3 aliphatic heterocycles. The van der Waals surface area contributed by atoms with E-state index in [1.54, 1.807) is 0 Å². The highest BCUT2D eigenvalue weighted by Crippen LogP contribution is 2.38. The van der Waals surface area contributed by atoms with Crippen molar-refractivity contribution in [1.82, 2.24) is 0 Å². The zero-order chi connectivity index (χ0) is 16.4. The smallest absolute Gasteiger partial charge is 0.187 e. The summed E-state index contributed by atoms with van der Waals surface area (Å²) >= 11 is 0. The predicted octanol–water partition coefficient (Wildman–Crippen LogP) is 3.30. The van der Waals surface area contributed by atoms with Crippen LogP contribution in [0.5, 0.6) is 0 Å². The average molecular weight is 326 g/mol. The van der Waals surface area contributed by atoms with E-state index >= 15 is 0 Å². The van der Waals surface area contributed by atoms with E-state index in [1.807, 2.05) is 43.3 Å². The summed E-state index contributed by atoms with van der Waals surface area (Å²) in [5.74, 6) is 0. The normalized spacial score (nSPS) is 31.5. The number of hydrogen-bond acceptors (Lipinski definition) is 4. The monoisotopic (exact) mass is 326 g/mol. The van der Waals surface area contributed by atoms with E-state index in [-0.39, 0.29) is 30.7 Å². The first-order valence-electron chi connectivity index (χ1n) is 8.43. The lowest BCUT2D eigenvalue weighted by molar-refractivity contribution is -0.416. The molecule has 3 fully saturated rings. The van der Waals surface area contributed by atoms with Gasteiger partial charge in [-0.2, -0.15) is 0 Å². The van der Waals surface area contributed by atoms with Crippen LogP contribution < -0.4 is 0 Å². The Morgan fingerprint density at radius 1 is 0.750 bits per heavy atom. The molecule has 2 bridgehead atoms. The molecule has 4 nitrogen and oxygen atoms in total. The summed E-state index contributed by atoms with van der Waals surface area (Å²) in [7, 11) is 0. The first-order chi connectivity index (χ1) is 11.8. The van der Waals surface area contributed by atoms with Crippen LogP contribution in [0.4, 0.5) is 0 Å². The quantitative estimate of drug-likeness (QED) is 0.816. The van der Waals surface area contributed by atoms with Crippen molar-refractivity contribution in [2.45, 2.75) is 50.8 Å². The van der Waals surface area contributed by atoms with Crippen molar-refractivity contribution in [1.29, 1.82) is 0 Å². The van der Waals surface area contributed by atoms with Crippen LogP contribution >= 0.6 is 0 Å². The van der Waals surface area contributed by atoms with E-state index in [9.17, 15) is 0 Å². The highest BCUT2D eigenvalue weighted by Gasteiger charge is 2.56. The number of ether oxygens (including phenoxy) is 4. The van der Waals surface area contributed by atoms with Gasteiger partial charge in [0.15, 0.2) is 6.29 Å². The van der Waals surface area contributed by atoms with Crippen molar-refractivity contribution in [3.05, 3.63) is 71.8 Å². The van der Waals surface area contributed by atoms with E-state index in [4.69, 9.17) is 18.9 Å². The van der Waals surface area contributed by atoms with E-state index in [2.05, 4.69) is 24.3 Å². The van der Waals surface area contributed by atoms with Crippen LogP contribution in [0, 0.1) is 0 Å². The standard InChI is InChI=1S/C20H22O4/c1-14-17(21-12-15-8-4-2-5-9-15)18-19(20(23-14)24-18)22-13-16-10-6-3-7-11-16/h2-11,14,17-20H,12-13H2,1H3/t14-,17-,18+,19+,20+/m0/s1. The third-order valence-electron chi connectivity index (χ3n) is 4.59. The van der Waals surface area contributed by atoms with Gasteiger partial charge in [0.1, 0.15) is 18.3 Å². The van der Waals surface area contributed by atoms with Crippen molar-refractivity contribution in [3.8, 4) is 0 Å². The van der Waals surface area contributed by atoms with Crippen molar-refractivity contribution < 1.29 is 18.9 Å². The molecule has 0 spiro atoms. The van der Waals surface area contributed by atoms with Gasteiger partial charge in [0, 0.05) is 0 Å². The van der Waals surface area contributed by atoms with E-state index in [1.165, 1.54) is 0 Å². The fraction of sp³-hybridized carbons (Fsp3) is 0.400. The first-order valence-corrected chi connectivity index (χ1v) is 8.43. The van der Waals surface area contributed by atoms with Crippen LogP contribution in [0.15, 0.2) is 60.7 Å². The molecular formula is C20H22O4.